The van der Waals surface area contributed by atoms with Crippen LogP contribution in [0.25, 0.3) is 0 Å². The van der Waals surface area contributed by atoms with E-state index in [1.165, 1.54) is 19.3 Å². The number of hydrogen-bond donors (Lipinski definition) is 1. The molecule has 0 aliphatic heterocycles. The Kier molecular flexibility index (Phi) is 13.7. The van der Waals surface area contributed by atoms with Gasteiger partial charge in [-0.2, -0.15) is 0 Å². The Balaban J connectivity index is 0.000000354. The Bertz CT molecular complexity index is 873. The van der Waals surface area contributed by atoms with E-state index >= 15 is 0 Å². The molecule has 0 unspecified atom stereocenters. The van der Waals surface area contributed by atoms with Crippen LogP contribution in [-0.4, -0.2) is 19.3 Å². The van der Waals surface area contributed by atoms with Crippen LogP contribution in [-0.2, 0) is 11.2 Å². The van der Waals surface area contributed by atoms with Crippen LogP contribution in [0, 0.1) is 18.8 Å². The molecule has 33 heavy (non-hydrogen) atoms. The van der Waals surface area contributed by atoms with E-state index < -0.39 is 0 Å². The summed E-state index contributed by atoms with van der Waals surface area (Å²) in [6.45, 7) is 10.3. The van der Waals surface area contributed by atoms with Crippen molar-refractivity contribution < 1.29 is 14.3 Å². The first kappa shape index (κ1) is 28.9. The second-order valence-corrected chi connectivity index (χ2v) is 8.93. The van der Waals surface area contributed by atoms with Gasteiger partial charge in [0, 0.05) is 27.7 Å². The van der Waals surface area contributed by atoms with Gasteiger partial charge in [-0.25, -0.2) is 0 Å². The molecule has 0 aromatic heterocycles. The van der Waals surface area contributed by atoms with Gasteiger partial charge in [-0.1, -0.05) is 68.2 Å². The number of hydrogen-bond acceptors (Lipinski definition) is 3. The minimum absolute atomic E-state index is 0.158. The number of nitrogens with one attached hydrogen (secondary N) is 1. The van der Waals surface area contributed by atoms with E-state index in [4.69, 9.17) is 4.74 Å². The number of anilines is 1. The summed E-state index contributed by atoms with van der Waals surface area (Å²) in [6, 6.07) is 11.5. The zero-order valence-corrected chi connectivity index (χ0v) is 22.6. The summed E-state index contributed by atoms with van der Waals surface area (Å²) >= 11 is 3.39. The fourth-order valence-electron chi connectivity index (χ4n) is 4.03. The molecule has 2 aromatic carbocycles. The molecule has 2 aromatic rings. The van der Waals surface area contributed by atoms with Gasteiger partial charge in [-0.15, -0.1) is 0 Å². The molecule has 3 rings (SSSR count). The standard InChI is InChI=1S/C17H25NO2.C9H9BrO.C2H6/c1-4-13-6-8-14(9-7-13)17(19)18-15-10-5-12(2)16(11-15)20-3;1-2-8-7(6-11)4-3-5-9(8)10;1-2/h5,10-11,13-14H,4,6-9H2,1-3H3,(H,18,19);3-6H,2H2,1H3;1-2H3. The van der Waals surface area contributed by atoms with Crippen LogP contribution in [0.4, 0.5) is 5.69 Å². The Morgan fingerprint density at radius 3 is 2.30 bits per heavy atom. The lowest BCUT2D eigenvalue weighted by Gasteiger charge is -2.27. The lowest BCUT2D eigenvalue weighted by atomic mass is 9.80. The normalized spacial score (nSPS) is 16.9. The average Bonchev–Trinajstić information content (AvgIpc) is 2.86. The monoisotopic (exact) mass is 517 g/mol. The number of benzene rings is 2. The molecule has 1 aliphatic carbocycles. The number of carbonyl (C=O) groups is 2. The first-order chi connectivity index (χ1) is 15.9. The van der Waals surface area contributed by atoms with Gasteiger partial charge in [0.1, 0.15) is 12.0 Å². The number of ether oxygens (including phenoxy) is 1. The number of amides is 1. The van der Waals surface area contributed by atoms with Gasteiger partial charge < -0.3 is 10.1 Å². The maximum absolute atomic E-state index is 12.3. The van der Waals surface area contributed by atoms with Crippen LogP contribution in [0.2, 0.25) is 0 Å². The maximum Gasteiger partial charge on any atom is 0.227 e. The van der Waals surface area contributed by atoms with Crippen LogP contribution in [0.5, 0.6) is 5.75 Å². The predicted molar refractivity (Wildman–Crippen MR) is 142 cm³/mol. The number of methoxy groups -OCH3 is 1. The van der Waals surface area contributed by atoms with E-state index in [1.807, 2.05) is 64.1 Å². The Morgan fingerprint density at radius 1 is 1.12 bits per heavy atom. The highest BCUT2D eigenvalue weighted by Gasteiger charge is 2.25. The first-order valence-corrected chi connectivity index (χ1v) is 12.9. The minimum Gasteiger partial charge on any atom is -0.496 e. The van der Waals surface area contributed by atoms with E-state index in [9.17, 15) is 9.59 Å². The number of halogens is 1. The molecule has 1 N–H and O–H groups in total. The molecule has 0 heterocycles. The molecular weight excluding hydrogens is 478 g/mol. The van der Waals surface area contributed by atoms with Crippen molar-refractivity contribution >= 4 is 33.8 Å². The number of aryl methyl sites for hydroxylation is 1. The number of aldehydes is 1. The summed E-state index contributed by atoms with van der Waals surface area (Å²) in [5.74, 6) is 1.96. The fourth-order valence-corrected chi connectivity index (χ4v) is 4.70. The second kappa shape index (κ2) is 15.7. The van der Waals surface area contributed by atoms with Crippen molar-refractivity contribution in [1.29, 1.82) is 0 Å². The van der Waals surface area contributed by atoms with E-state index in [-0.39, 0.29) is 11.8 Å². The molecule has 1 amide bonds. The van der Waals surface area contributed by atoms with Crippen molar-refractivity contribution in [2.24, 2.45) is 11.8 Å². The molecular formula is C28H40BrNO3. The molecule has 1 fully saturated rings. The Morgan fingerprint density at radius 2 is 1.79 bits per heavy atom. The van der Waals surface area contributed by atoms with Crippen molar-refractivity contribution in [1.82, 2.24) is 0 Å². The third kappa shape index (κ3) is 8.96. The minimum atomic E-state index is 0.158. The molecule has 0 saturated heterocycles. The molecule has 4 nitrogen and oxygen atoms in total. The summed E-state index contributed by atoms with van der Waals surface area (Å²) < 4.78 is 6.31. The average molecular weight is 519 g/mol. The van der Waals surface area contributed by atoms with Crippen LogP contribution in [0.1, 0.15) is 81.3 Å². The molecule has 182 valence electrons. The highest BCUT2D eigenvalue weighted by molar-refractivity contribution is 9.10. The smallest absolute Gasteiger partial charge is 0.227 e. The molecule has 1 saturated carbocycles. The summed E-state index contributed by atoms with van der Waals surface area (Å²) in [7, 11) is 1.65. The Hall–Kier alpha value is -2.14. The van der Waals surface area contributed by atoms with Crippen molar-refractivity contribution in [3.8, 4) is 5.75 Å². The number of carbonyl (C=O) groups excluding carboxylic acids is 2. The maximum atomic E-state index is 12.3. The van der Waals surface area contributed by atoms with Gasteiger partial charge in [-0.3, -0.25) is 9.59 Å². The molecule has 0 atom stereocenters. The van der Waals surface area contributed by atoms with Gasteiger partial charge in [0.05, 0.1) is 7.11 Å². The number of rotatable bonds is 6. The third-order valence-electron chi connectivity index (χ3n) is 6.11. The third-order valence-corrected chi connectivity index (χ3v) is 6.85. The van der Waals surface area contributed by atoms with Crippen molar-refractivity contribution in [3.63, 3.8) is 0 Å². The van der Waals surface area contributed by atoms with Crippen molar-refractivity contribution in [2.75, 3.05) is 12.4 Å². The largest absolute Gasteiger partial charge is 0.496 e. The SMILES string of the molecule is CC.CCC1CCC(C(=O)Nc2ccc(C)c(OC)c2)CC1.CCc1c(Br)cccc1C=O. The van der Waals surface area contributed by atoms with Gasteiger partial charge in [0.15, 0.2) is 0 Å². The zero-order valence-electron chi connectivity index (χ0n) is 21.0. The highest BCUT2D eigenvalue weighted by Crippen LogP contribution is 2.31. The zero-order chi connectivity index (χ0) is 24.8. The van der Waals surface area contributed by atoms with Gasteiger partial charge >= 0.3 is 0 Å². The van der Waals surface area contributed by atoms with Crippen LogP contribution in [0.3, 0.4) is 0 Å². The Labute approximate surface area is 208 Å². The molecule has 0 radical (unpaired) electrons. The second-order valence-electron chi connectivity index (χ2n) is 8.08. The van der Waals surface area contributed by atoms with Gasteiger partial charge in [0.25, 0.3) is 0 Å². The topological polar surface area (TPSA) is 55.4 Å². The van der Waals surface area contributed by atoms with Crippen LogP contribution < -0.4 is 10.1 Å². The molecule has 1 aliphatic rings. The summed E-state index contributed by atoms with van der Waals surface area (Å²) in [4.78, 5) is 22.8. The quantitative estimate of drug-likeness (QED) is 0.394. The molecule has 0 bridgehead atoms. The predicted octanol–water partition coefficient (Wildman–Crippen LogP) is 8.01. The van der Waals surface area contributed by atoms with E-state index in [1.54, 1.807) is 7.11 Å². The molecule has 0 spiro atoms. The van der Waals surface area contributed by atoms with Crippen molar-refractivity contribution in [2.45, 2.75) is 73.1 Å². The van der Waals surface area contributed by atoms with Gasteiger partial charge in [-0.05, 0) is 68.2 Å². The van der Waals surface area contributed by atoms with E-state index in [0.717, 1.165) is 64.1 Å². The van der Waals surface area contributed by atoms with E-state index in [2.05, 4.69) is 28.2 Å². The van der Waals surface area contributed by atoms with Crippen molar-refractivity contribution in [3.05, 3.63) is 57.6 Å². The summed E-state index contributed by atoms with van der Waals surface area (Å²) in [5.41, 5.74) is 3.77. The summed E-state index contributed by atoms with van der Waals surface area (Å²) in [6.07, 6.45) is 7.43. The van der Waals surface area contributed by atoms with Crippen LogP contribution >= 0.6 is 15.9 Å². The summed E-state index contributed by atoms with van der Waals surface area (Å²) in [5, 5.41) is 3.03. The van der Waals surface area contributed by atoms with Crippen LogP contribution in [0.15, 0.2) is 40.9 Å². The first-order valence-electron chi connectivity index (χ1n) is 12.1. The highest BCUT2D eigenvalue weighted by atomic mass is 79.9. The van der Waals surface area contributed by atoms with E-state index in [0.29, 0.717) is 0 Å². The fraction of sp³-hybridized carbons (Fsp3) is 0.500. The van der Waals surface area contributed by atoms with Gasteiger partial charge in [0.2, 0.25) is 5.91 Å². The molecule has 5 heteroatoms. The lowest BCUT2D eigenvalue weighted by molar-refractivity contribution is -0.121. The lowest BCUT2D eigenvalue weighted by Crippen LogP contribution is -2.27.